The molecule has 0 unspecified atom stereocenters. The average molecular weight is 336 g/mol. The second-order valence-corrected chi connectivity index (χ2v) is 5.80. The molecule has 1 rings (SSSR count). The summed E-state index contributed by atoms with van der Waals surface area (Å²) in [5.74, 6) is -1.14. The second kappa shape index (κ2) is 5.41. The fraction of sp³-hybridized carbons (Fsp3) is 0.222. The number of rotatable bonds is 3. The van der Waals surface area contributed by atoms with Gasteiger partial charge < -0.3 is 4.74 Å². The van der Waals surface area contributed by atoms with E-state index in [4.69, 9.17) is 15.9 Å². The molecular weight excluding hydrogens is 333 g/mol. The monoisotopic (exact) mass is 335 g/mol. The Kier molecular flexibility index (Phi) is 4.45. The highest BCUT2D eigenvalue weighted by Gasteiger charge is 2.36. The van der Waals surface area contributed by atoms with Crippen molar-refractivity contribution in [2.75, 3.05) is 0 Å². The minimum atomic E-state index is -5.06. The van der Waals surface area contributed by atoms with Crippen LogP contribution in [-0.2, 0) is 15.2 Å². The molecular formula is C9H3ClF5NO3S. The van der Waals surface area contributed by atoms with Crippen LogP contribution in [0.4, 0.5) is 22.0 Å². The Morgan fingerprint density at radius 2 is 1.85 bits per heavy atom. The number of halogens is 6. The molecule has 0 fully saturated rings. The van der Waals surface area contributed by atoms with Crippen LogP contribution in [0.3, 0.4) is 0 Å². The van der Waals surface area contributed by atoms with E-state index in [1.807, 2.05) is 0 Å². The van der Waals surface area contributed by atoms with E-state index in [-0.39, 0.29) is 12.1 Å². The zero-order valence-electron chi connectivity index (χ0n) is 9.08. The lowest BCUT2D eigenvalue weighted by Crippen LogP contribution is -2.12. The average Bonchev–Trinajstić information content (AvgIpc) is 2.24. The zero-order valence-corrected chi connectivity index (χ0v) is 10.7. The van der Waals surface area contributed by atoms with Crippen LogP contribution in [-0.4, -0.2) is 15.0 Å². The highest BCUT2D eigenvalue weighted by Crippen LogP contribution is 2.38. The van der Waals surface area contributed by atoms with Crippen molar-refractivity contribution < 1.29 is 35.1 Å². The number of nitrogens with zero attached hydrogens (tertiary/aromatic N) is 1. The van der Waals surface area contributed by atoms with Gasteiger partial charge >= 0.3 is 12.8 Å². The summed E-state index contributed by atoms with van der Waals surface area (Å²) in [6.07, 6.45) is -5.06. The van der Waals surface area contributed by atoms with Gasteiger partial charge in [-0.25, -0.2) is 8.42 Å². The molecule has 0 aliphatic carbocycles. The highest BCUT2D eigenvalue weighted by molar-refractivity contribution is 8.13. The normalized spacial score (nSPS) is 12.3. The first-order chi connectivity index (χ1) is 8.96. The van der Waals surface area contributed by atoms with E-state index in [0.717, 1.165) is 6.07 Å². The van der Waals surface area contributed by atoms with Gasteiger partial charge in [-0.2, -0.15) is 27.2 Å². The predicted octanol–water partition coefficient (Wildman–Crippen LogP) is 3.11. The van der Waals surface area contributed by atoms with Gasteiger partial charge in [-0.05, 0) is 6.07 Å². The third-order valence-electron chi connectivity index (χ3n) is 1.99. The van der Waals surface area contributed by atoms with Gasteiger partial charge in [0.05, 0.1) is 17.2 Å². The molecule has 20 heavy (non-hydrogen) atoms. The van der Waals surface area contributed by atoms with Crippen molar-refractivity contribution in [2.24, 2.45) is 0 Å². The van der Waals surface area contributed by atoms with E-state index >= 15 is 0 Å². The molecule has 0 heterocycles. The lowest BCUT2D eigenvalue weighted by Gasteiger charge is -2.13. The maximum Gasteiger partial charge on any atom is 0.417 e. The zero-order chi connectivity index (χ0) is 15.7. The Bertz CT molecular complexity index is 665. The Hall–Kier alpha value is -1.60. The molecule has 0 amide bonds. The summed E-state index contributed by atoms with van der Waals surface area (Å²) < 4.78 is 88.0. The quantitative estimate of drug-likeness (QED) is 0.629. The molecule has 1 aromatic rings. The number of hydrogen-bond acceptors (Lipinski definition) is 4. The Morgan fingerprint density at radius 3 is 2.20 bits per heavy atom. The molecule has 0 atom stereocenters. The van der Waals surface area contributed by atoms with Gasteiger partial charge in [-0.3, -0.25) is 0 Å². The Balaban J connectivity index is 3.68. The number of alkyl halides is 5. The molecule has 4 nitrogen and oxygen atoms in total. The molecule has 0 radical (unpaired) electrons. The van der Waals surface area contributed by atoms with Crippen LogP contribution in [0.1, 0.15) is 11.1 Å². The maximum absolute atomic E-state index is 12.6. The van der Waals surface area contributed by atoms with Crippen LogP contribution < -0.4 is 4.74 Å². The summed E-state index contributed by atoms with van der Waals surface area (Å²) >= 11 is 0. The molecule has 0 bridgehead atoms. The molecule has 0 spiro atoms. The third kappa shape index (κ3) is 3.71. The largest absolute Gasteiger partial charge is 0.433 e. The summed E-state index contributed by atoms with van der Waals surface area (Å²) in [5, 5.41) is 8.56. The van der Waals surface area contributed by atoms with Crippen molar-refractivity contribution in [3.8, 4) is 11.8 Å². The van der Waals surface area contributed by atoms with E-state index < -0.39 is 43.6 Å². The first-order valence-electron chi connectivity index (χ1n) is 4.51. The molecule has 0 aliphatic heterocycles. The summed E-state index contributed by atoms with van der Waals surface area (Å²) in [7, 11) is 0.0794. The third-order valence-corrected chi connectivity index (χ3v) is 3.33. The molecule has 11 heteroatoms. The van der Waals surface area contributed by atoms with E-state index in [0.29, 0.717) is 0 Å². The fourth-order valence-electron chi connectivity index (χ4n) is 1.27. The molecule has 0 N–H and O–H groups in total. The van der Waals surface area contributed by atoms with E-state index in [9.17, 15) is 30.4 Å². The second-order valence-electron chi connectivity index (χ2n) is 3.27. The van der Waals surface area contributed by atoms with Crippen LogP contribution in [0.15, 0.2) is 17.0 Å². The minimum absolute atomic E-state index is 0.0292. The van der Waals surface area contributed by atoms with Crippen LogP contribution in [0.5, 0.6) is 5.75 Å². The van der Waals surface area contributed by atoms with Crippen LogP contribution in [0, 0.1) is 11.3 Å². The molecule has 0 aromatic heterocycles. The van der Waals surface area contributed by atoms with Gasteiger partial charge in [0.25, 0.3) is 9.05 Å². The van der Waals surface area contributed by atoms with Crippen molar-refractivity contribution in [1.29, 1.82) is 5.26 Å². The summed E-state index contributed by atoms with van der Waals surface area (Å²) in [4.78, 5) is -1.30. The molecule has 110 valence electrons. The summed E-state index contributed by atoms with van der Waals surface area (Å²) in [6, 6.07) is 1.32. The Labute approximate surface area is 113 Å². The van der Waals surface area contributed by atoms with Crippen LogP contribution in [0.25, 0.3) is 0 Å². The van der Waals surface area contributed by atoms with Crippen molar-refractivity contribution in [3.63, 3.8) is 0 Å². The number of ether oxygens (including phenoxy) is 1. The lowest BCUT2D eigenvalue weighted by molar-refractivity contribution is -0.138. The Morgan fingerprint density at radius 1 is 1.30 bits per heavy atom. The maximum atomic E-state index is 12.6. The van der Waals surface area contributed by atoms with Crippen molar-refractivity contribution in [1.82, 2.24) is 0 Å². The van der Waals surface area contributed by atoms with Gasteiger partial charge in [0.1, 0.15) is 10.6 Å². The van der Waals surface area contributed by atoms with Gasteiger partial charge in [-0.1, -0.05) is 0 Å². The SMILES string of the molecule is N#Cc1cc(OC(F)F)c(S(=O)(=O)Cl)cc1C(F)(F)F. The van der Waals surface area contributed by atoms with E-state index in [1.54, 1.807) is 0 Å². The molecule has 0 saturated carbocycles. The smallest absolute Gasteiger partial charge is 0.417 e. The number of hydrogen-bond donors (Lipinski definition) is 0. The topological polar surface area (TPSA) is 67.2 Å². The fourth-order valence-corrected chi connectivity index (χ4v) is 2.23. The first kappa shape index (κ1) is 16.5. The molecule has 1 aromatic carbocycles. The number of benzene rings is 1. The van der Waals surface area contributed by atoms with E-state index in [2.05, 4.69) is 4.74 Å². The predicted molar refractivity (Wildman–Crippen MR) is 55.8 cm³/mol. The molecule has 0 aliphatic rings. The minimum Gasteiger partial charge on any atom is -0.433 e. The van der Waals surface area contributed by atoms with Gasteiger partial charge in [0, 0.05) is 16.7 Å². The summed E-state index contributed by atoms with van der Waals surface area (Å²) in [6.45, 7) is -3.50. The van der Waals surface area contributed by atoms with Crippen molar-refractivity contribution in [2.45, 2.75) is 17.7 Å². The van der Waals surface area contributed by atoms with Gasteiger partial charge in [-0.15, -0.1) is 0 Å². The van der Waals surface area contributed by atoms with Crippen LogP contribution >= 0.6 is 10.7 Å². The van der Waals surface area contributed by atoms with E-state index in [1.165, 1.54) is 0 Å². The van der Waals surface area contributed by atoms with Crippen molar-refractivity contribution >= 4 is 19.7 Å². The lowest BCUT2D eigenvalue weighted by atomic mass is 10.1. The first-order valence-corrected chi connectivity index (χ1v) is 6.82. The number of nitriles is 1. The standard InChI is InChI=1S/C9H3ClF5NO3S/c10-20(17,18)7-2-5(9(13,14)15)4(3-16)1-6(7)19-8(11)12/h1-2,8H. The molecule has 0 saturated heterocycles. The highest BCUT2D eigenvalue weighted by atomic mass is 35.7. The van der Waals surface area contributed by atoms with Crippen LogP contribution in [0.2, 0.25) is 0 Å². The van der Waals surface area contributed by atoms with Gasteiger partial charge in [0.15, 0.2) is 0 Å². The van der Waals surface area contributed by atoms with Gasteiger partial charge in [0.2, 0.25) is 0 Å². The summed E-state index contributed by atoms with van der Waals surface area (Å²) in [5.41, 5.74) is -2.70. The van der Waals surface area contributed by atoms with Crippen molar-refractivity contribution in [3.05, 3.63) is 23.3 Å².